The summed E-state index contributed by atoms with van der Waals surface area (Å²) in [5.41, 5.74) is 4.94. The molecule has 1 aliphatic heterocycles. The number of hydrogen-bond acceptors (Lipinski definition) is 4. The summed E-state index contributed by atoms with van der Waals surface area (Å²) in [5, 5.41) is 12.3. The van der Waals surface area contributed by atoms with Gasteiger partial charge in [0.1, 0.15) is 5.75 Å². The fourth-order valence-electron chi connectivity index (χ4n) is 2.99. The maximum atomic E-state index is 11.5. The van der Waals surface area contributed by atoms with Crippen molar-refractivity contribution in [2.45, 2.75) is 6.04 Å². The topological polar surface area (TPSA) is 70.6 Å². The van der Waals surface area contributed by atoms with E-state index in [0.717, 1.165) is 28.3 Å². The number of para-hydroxylation sites is 3. The third-order valence-electron chi connectivity index (χ3n) is 4.24. The molecule has 1 amide bonds. The summed E-state index contributed by atoms with van der Waals surface area (Å²) in [6.07, 6.45) is 0. The van der Waals surface area contributed by atoms with Crippen molar-refractivity contribution in [1.29, 1.82) is 0 Å². The highest BCUT2D eigenvalue weighted by atomic mass is 16.5. The average molecular weight is 332 g/mol. The molecular weight excluding hydrogens is 316 g/mol. The molecule has 0 radical (unpaired) electrons. The van der Waals surface area contributed by atoms with Crippen LogP contribution in [0.2, 0.25) is 0 Å². The molecule has 0 aliphatic carbocycles. The number of hydroxylamine groups is 1. The van der Waals surface area contributed by atoms with Crippen LogP contribution in [0.25, 0.3) is 0 Å². The van der Waals surface area contributed by atoms with Crippen LogP contribution in [0.1, 0.15) is 27.5 Å². The molecule has 1 aliphatic rings. The SMILES string of the molecule is O=C(NO)c1ccc(C2Nc3ccccc3Oc3ccccc32)cc1. The third-order valence-corrected chi connectivity index (χ3v) is 4.24. The average Bonchev–Trinajstić information content (AvgIpc) is 2.84. The van der Waals surface area contributed by atoms with Crippen molar-refractivity contribution in [3.8, 4) is 11.5 Å². The predicted octanol–water partition coefficient (Wildman–Crippen LogP) is 4.11. The van der Waals surface area contributed by atoms with Crippen LogP contribution in [0.15, 0.2) is 72.8 Å². The Labute approximate surface area is 144 Å². The maximum absolute atomic E-state index is 11.5. The van der Waals surface area contributed by atoms with E-state index >= 15 is 0 Å². The standard InChI is InChI=1S/C20H16N2O3/c23-20(22-24)14-11-9-13(10-12-14)19-15-5-1-3-7-17(15)25-18-8-4-2-6-16(18)21-19/h1-12,19,21,24H,(H,22,23). The second kappa shape index (κ2) is 6.30. The monoisotopic (exact) mass is 332 g/mol. The van der Waals surface area contributed by atoms with Gasteiger partial charge in [-0.2, -0.15) is 0 Å². The van der Waals surface area contributed by atoms with Gasteiger partial charge in [-0.15, -0.1) is 0 Å². The molecule has 0 aromatic heterocycles. The molecule has 0 saturated heterocycles. The van der Waals surface area contributed by atoms with Crippen LogP contribution in [0.5, 0.6) is 11.5 Å². The minimum Gasteiger partial charge on any atom is -0.455 e. The molecule has 5 heteroatoms. The second-order valence-electron chi connectivity index (χ2n) is 5.78. The van der Waals surface area contributed by atoms with E-state index in [-0.39, 0.29) is 6.04 Å². The first-order chi connectivity index (χ1) is 12.3. The van der Waals surface area contributed by atoms with Crippen molar-refractivity contribution < 1.29 is 14.7 Å². The fourth-order valence-corrected chi connectivity index (χ4v) is 2.99. The van der Waals surface area contributed by atoms with E-state index in [1.807, 2.05) is 60.7 Å². The van der Waals surface area contributed by atoms with Gasteiger partial charge < -0.3 is 10.1 Å². The van der Waals surface area contributed by atoms with Crippen LogP contribution in [0.4, 0.5) is 5.69 Å². The molecule has 1 heterocycles. The number of ether oxygens (including phenoxy) is 1. The van der Waals surface area contributed by atoms with Crippen molar-refractivity contribution in [2.24, 2.45) is 0 Å². The van der Waals surface area contributed by atoms with Crippen molar-refractivity contribution >= 4 is 11.6 Å². The fraction of sp³-hybridized carbons (Fsp3) is 0.0500. The van der Waals surface area contributed by atoms with Gasteiger partial charge in [0, 0.05) is 11.1 Å². The molecule has 3 aromatic rings. The summed E-state index contributed by atoms with van der Waals surface area (Å²) >= 11 is 0. The summed E-state index contributed by atoms with van der Waals surface area (Å²) in [6, 6.07) is 22.7. The third kappa shape index (κ3) is 2.81. The van der Waals surface area contributed by atoms with E-state index in [1.54, 1.807) is 17.6 Å². The van der Waals surface area contributed by atoms with Gasteiger partial charge in [0.2, 0.25) is 0 Å². The predicted molar refractivity (Wildman–Crippen MR) is 94.1 cm³/mol. The number of nitrogens with one attached hydrogen (secondary N) is 2. The lowest BCUT2D eigenvalue weighted by Crippen LogP contribution is -2.18. The quantitative estimate of drug-likeness (QED) is 0.488. The van der Waals surface area contributed by atoms with Crippen molar-refractivity contribution in [1.82, 2.24) is 5.48 Å². The molecule has 0 bridgehead atoms. The number of benzene rings is 3. The summed E-state index contributed by atoms with van der Waals surface area (Å²) in [7, 11) is 0. The molecule has 1 unspecified atom stereocenters. The van der Waals surface area contributed by atoms with E-state index in [1.165, 1.54) is 0 Å². The van der Waals surface area contributed by atoms with Crippen molar-refractivity contribution in [2.75, 3.05) is 5.32 Å². The van der Waals surface area contributed by atoms with Crippen molar-refractivity contribution in [3.63, 3.8) is 0 Å². The van der Waals surface area contributed by atoms with E-state index < -0.39 is 5.91 Å². The Kier molecular flexibility index (Phi) is 3.84. The molecule has 5 nitrogen and oxygen atoms in total. The van der Waals surface area contributed by atoms with Gasteiger partial charge >= 0.3 is 0 Å². The first-order valence-corrected chi connectivity index (χ1v) is 7.93. The smallest absolute Gasteiger partial charge is 0.274 e. The highest BCUT2D eigenvalue weighted by molar-refractivity contribution is 5.93. The Morgan fingerprint density at radius 3 is 2.36 bits per heavy atom. The minimum absolute atomic E-state index is 0.119. The minimum atomic E-state index is -0.533. The number of anilines is 1. The lowest BCUT2D eigenvalue weighted by Gasteiger charge is -2.19. The van der Waals surface area contributed by atoms with Crippen LogP contribution in [-0.4, -0.2) is 11.1 Å². The Hall–Kier alpha value is -3.31. The van der Waals surface area contributed by atoms with Gasteiger partial charge in [-0.1, -0.05) is 42.5 Å². The van der Waals surface area contributed by atoms with Gasteiger partial charge in [-0.25, -0.2) is 5.48 Å². The van der Waals surface area contributed by atoms with E-state index in [4.69, 9.17) is 9.94 Å². The molecule has 1 atom stereocenters. The molecule has 0 saturated carbocycles. The van der Waals surface area contributed by atoms with Gasteiger partial charge in [-0.05, 0) is 35.9 Å². The van der Waals surface area contributed by atoms with Crippen LogP contribution in [0, 0.1) is 0 Å². The molecule has 124 valence electrons. The second-order valence-corrected chi connectivity index (χ2v) is 5.78. The number of rotatable bonds is 2. The highest BCUT2D eigenvalue weighted by Crippen LogP contribution is 2.42. The number of fused-ring (bicyclic) bond motifs is 2. The van der Waals surface area contributed by atoms with Crippen LogP contribution in [0.3, 0.4) is 0 Å². The van der Waals surface area contributed by atoms with Crippen molar-refractivity contribution in [3.05, 3.63) is 89.5 Å². The lowest BCUT2D eigenvalue weighted by molar-refractivity contribution is 0.0706. The van der Waals surface area contributed by atoms with Crippen LogP contribution < -0.4 is 15.5 Å². The Morgan fingerprint density at radius 2 is 1.60 bits per heavy atom. The number of amides is 1. The maximum Gasteiger partial charge on any atom is 0.274 e. The van der Waals surface area contributed by atoms with Gasteiger partial charge in [0.05, 0.1) is 11.7 Å². The van der Waals surface area contributed by atoms with Crippen LogP contribution >= 0.6 is 0 Å². The first-order valence-electron chi connectivity index (χ1n) is 7.93. The zero-order valence-corrected chi connectivity index (χ0v) is 13.3. The molecule has 4 rings (SSSR count). The number of hydrogen-bond donors (Lipinski definition) is 3. The zero-order valence-electron chi connectivity index (χ0n) is 13.3. The molecule has 0 fully saturated rings. The molecule has 0 spiro atoms. The van der Waals surface area contributed by atoms with Gasteiger partial charge in [-0.3, -0.25) is 10.0 Å². The summed E-state index contributed by atoms with van der Waals surface area (Å²) in [4.78, 5) is 11.5. The van der Waals surface area contributed by atoms with Gasteiger partial charge in [0.25, 0.3) is 5.91 Å². The normalized spacial score (nSPS) is 15.0. The summed E-state index contributed by atoms with van der Waals surface area (Å²) in [5.74, 6) is 1.03. The van der Waals surface area contributed by atoms with E-state index in [9.17, 15) is 4.79 Å². The van der Waals surface area contributed by atoms with Gasteiger partial charge in [0.15, 0.2) is 5.75 Å². The zero-order chi connectivity index (χ0) is 17.2. The van der Waals surface area contributed by atoms with E-state index in [0.29, 0.717) is 5.56 Å². The highest BCUT2D eigenvalue weighted by Gasteiger charge is 2.23. The molecule has 3 aromatic carbocycles. The largest absolute Gasteiger partial charge is 0.455 e. The van der Waals surface area contributed by atoms with Crippen LogP contribution in [-0.2, 0) is 0 Å². The Bertz CT molecular complexity index is 922. The Balaban J connectivity index is 1.79. The van der Waals surface area contributed by atoms with E-state index in [2.05, 4.69) is 5.32 Å². The Morgan fingerprint density at radius 1 is 0.920 bits per heavy atom. The summed E-state index contributed by atoms with van der Waals surface area (Å²) in [6.45, 7) is 0. The molecule has 25 heavy (non-hydrogen) atoms. The number of carbonyl (C=O) groups excluding carboxylic acids is 1. The number of carbonyl (C=O) groups is 1. The first kappa shape index (κ1) is 15.2. The summed E-state index contributed by atoms with van der Waals surface area (Å²) < 4.78 is 6.07. The lowest BCUT2D eigenvalue weighted by atomic mass is 9.96. The molecule has 3 N–H and O–H groups in total. The molecular formula is C20H16N2O3.